The zero-order valence-electron chi connectivity index (χ0n) is 19.7. The minimum absolute atomic E-state index is 0.241. The number of aliphatic carboxylic acids is 1. The number of benzene rings is 1. The molecule has 0 saturated heterocycles. The van der Waals surface area contributed by atoms with Gasteiger partial charge in [-0.05, 0) is 75.6 Å². The van der Waals surface area contributed by atoms with Gasteiger partial charge in [0.1, 0.15) is 0 Å². The van der Waals surface area contributed by atoms with Gasteiger partial charge in [-0.25, -0.2) is 4.79 Å². The molecular weight excluding hydrogens is 422 g/mol. The highest BCUT2D eigenvalue weighted by Gasteiger charge is 2.35. The maximum absolute atomic E-state index is 12.3. The summed E-state index contributed by atoms with van der Waals surface area (Å²) >= 11 is 1.60. The fourth-order valence-electron chi connectivity index (χ4n) is 4.07. The molecule has 0 bridgehead atoms. The highest BCUT2D eigenvalue weighted by molar-refractivity contribution is 7.16. The Labute approximate surface area is 194 Å². The van der Waals surface area contributed by atoms with Crippen LogP contribution in [0.5, 0.6) is 0 Å². The molecule has 2 N–H and O–H groups in total. The highest BCUT2D eigenvalue weighted by atomic mass is 32.1. The number of carboxylic acids is 1. The van der Waals surface area contributed by atoms with Gasteiger partial charge in [0.05, 0.1) is 5.60 Å². The van der Waals surface area contributed by atoms with Crippen molar-refractivity contribution >= 4 is 35.0 Å². The number of amides is 1. The Hall–Kier alpha value is -2.44. The first-order chi connectivity index (χ1) is 14.9. The zero-order chi connectivity index (χ0) is 23.7. The number of ether oxygens (including phenoxy) is 1. The Bertz CT molecular complexity index is 1030. The van der Waals surface area contributed by atoms with Gasteiger partial charge >= 0.3 is 5.97 Å². The van der Waals surface area contributed by atoms with Crippen molar-refractivity contribution in [2.24, 2.45) is 5.41 Å². The maximum atomic E-state index is 12.3. The van der Waals surface area contributed by atoms with E-state index in [2.05, 4.69) is 25.2 Å². The van der Waals surface area contributed by atoms with Crippen LogP contribution in [-0.4, -0.2) is 23.1 Å². The Morgan fingerprint density at radius 1 is 1.25 bits per heavy atom. The molecule has 0 spiro atoms. The Kier molecular flexibility index (Phi) is 6.96. The van der Waals surface area contributed by atoms with E-state index in [0.29, 0.717) is 6.41 Å². The third-order valence-corrected chi connectivity index (χ3v) is 6.92. The van der Waals surface area contributed by atoms with E-state index in [-0.39, 0.29) is 5.41 Å². The summed E-state index contributed by atoms with van der Waals surface area (Å²) in [6.07, 6.45) is 4.79. The Morgan fingerprint density at radius 2 is 1.91 bits per heavy atom. The number of carboxylic acid groups (broad SMARTS) is 1. The second-order valence-electron chi connectivity index (χ2n) is 10.2. The maximum Gasteiger partial charge on any atom is 0.337 e. The first-order valence-corrected chi connectivity index (χ1v) is 11.8. The van der Waals surface area contributed by atoms with Crippen LogP contribution in [0.3, 0.4) is 0 Å². The molecule has 1 atom stereocenters. The van der Waals surface area contributed by atoms with Crippen molar-refractivity contribution in [3.8, 4) is 10.4 Å². The van der Waals surface area contributed by atoms with Crippen molar-refractivity contribution in [2.75, 3.05) is 5.32 Å². The van der Waals surface area contributed by atoms with Crippen molar-refractivity contribution in [1.29, 1.82) is 0 Å². The van der Waals surface area contributed by atoms with Gasteiger partial charge in [-0.3, -0.25) is 4.79 Å². The highest BCUT2D eigenvalue weighted by Crippen LogP contribution is 2.48. The third kappa shape index (κ3) is 5.48. The monoisotopic (exact) mass is 455 g/mol. The molecule has 3 rings (SSSR count). The normalized spacial score (nSPS) is 16.9. The number of hydrogen-bond acceptors (Lipinski definition) is 4. The third-order valence-electron chi connectivity index (χ3n) is 5.75. The standard InChI is InChI=1S/C26H33NO4S/c1-16-20(22(24(29)30)31-25(2,3)4)21(17-11-13-26(5,6)14-12-17)23(32-16)18-7-9-19(10-8-18)27-15-28/h7-11,15,22H,12-14H2,1-6H3,(H,27,28)(H,29,30). The fraction of sp³-hybridized carbons (Fsp3) is 0.462. The van der Waals surface area contributed by atoms with Crippen LogP contribution in [0.15, 0.2) is 30.3 Å². The van der Waals surface area contributed by atoms with Crippen LogP contribution in [0, 0.1) is 12.3 Å². The smallest absolute Gasteiger partial charge is 0.337 e. The van der Waals surface area contributed by atoms with Gasteiger partial charge in [0, 0.05) is 26.6 Å². The number of allylic oxidation sites excluding steroid dienone is 2. The number of carbonyl (C=O) groups excluding carboxylic acids is 1. The van der Waals surface area contributed by atoms with Crippen LogP contribution < -0.4 is 5.32 Å². The van der Waals surface area contributed by atoms with Crippen LogP contribution in [0.4, 0.5) is 5.69 Å². The predicted molar refractivity (Wildman–Crippen MR) is 131 cm³/mol. The van der Waals surface area contributed by atoms with Crippen LogP contribution in [0.25, 0.3) is 16.0 Å². The number of carbonyl (C=O) groups is 2. The van der Waals surface area contributed by atoms with E-state index in [1.807, 2.05) is 52.0 Å². The van der Waals surface area contributed by atoms with Gasteiger partial charge < -0.3 is 15.2 Å². The van der Waals surface area contributed by atoms with E-state index in [1.54, 1.807) is 11.3 Å². The van der Waals surface area contributed by atoms with Gasteiger partial charge in [-0.15, -0.1) is 11.3 Å². The summed E-state index contributed by atoms with van der Waals surface area (Å²) in [5.74, 6) is -0.976. The predicted octanol–water partition coefficient (Wildman–Crippen LogP) is 6.83. The average molecular weight is 456 g/mol. The molecule has 2 aromatic rings. The summed E-state index contributed by atoms with van der Waals surface area (Å²) in [7, 11) is 0. The van der Waals surface area contributed by atoms with Crippen molar-refractivity contribution in [2.45, 2.75) is 72.5 Å². The minimum Gasteiger partial charge on any atom is -0.479 e. The lowest BCUT2D eigenvalue weighted by molar-refractivity contribution is -0.160. The molecule has 1 heterocycles. The van der Waals surface area contributed by atoms with E-state index in [0.717, 1.165) is 51.4 Å². The summed E-state index contributed by atoms with van der Waals surface area (Å²) < 4.78 is 6.07. The van der Waals surface area contributed by atoms with Crippen molar-refractivity contribution < 1.29 is 19.4 Å². The molecule has 6 heteroatoms. The van der Waals surface area contributed by atoms with E-state index in [9.17, 15) is 14.7 Å². The summed E-state index contributed by atoms with van der Waals surface area (Å²) in [5.41, 5.74) is 4.31. The molecule has 1 unspecified atom stereocenters. The first kappa shape index (κ1) is 24.2. The number of anilines is 1. The van der Waals surface area contributed by atoms with E-state index in [1.165, 1.54) is 5.57 Å². The summed E-state index contributed by atoms with van der Waals surface area (Å²) in [4.78, 5) is 25.1. The number of hydrogen-bond donors (Lipinski definition) is 2. The number of rotatable bonds is 7. The first-order valence-electron chi connectivity index (χ1n) is 11.0. The molecule has 32 heavy (non-hydrogen) atoms. The van der Waals surface area contributed by atoms with Crippen LogP contribution >= 0.6 is 11.3 Å². The summed E-state index contributed by atoms with van der Waals surface area (Å²) in [6.45, 7) is 12.2. The molecule has 0 radical (unpaired) electrons. The Morgan fingerprint density at radius 3 is 2.41 bits per heavy atom. The van der Waals surface area contributed by atoms with Gasteiger partial charge in [0.25, 0.3) is 0 Å². The summed E-state index contributed by atoms with van der Waals surface area (Å²) in [5, 5.41) is 12.8. The lowest BCUT2D eigenvalue weighted by Gasteiger charge is -2.31. The van der Waals surface area contributed by atoms with E-state index >= 15 is 0 Å². The van der Waals surface area contributed by atoms with Crippen molar-refractivity contribution in [3.05, 3.63) is 46.3 Å². The Balaban J connectivity index is 2.20. The number of thiophene rings is 1. The average Bonchev–Trinajstić information content (AvgIpc) is 3.03. The quantitative estimate of drug-likeness (QED) is 0.449. The van der Waals surface area contributed by atoms with Gasteiger partial charge in [0.15, 0.2) is 6.10 Å². The number of nitrogens with one attached hydrogen (secondary N) is 1. The van der Waals surface area contributed by atoms with Gasteiger partial charge in [-0.2, -0.15) is 0 Å². The van der Waals surface area contributed by atoms with Crippen LogP contribution in [0.1, 0.15) is 76.0 Å². The molecule has 1 aliphatic carbocycles. The molecular formula is C26H33NO4S. The molecule has 172 valence electrons. The number of aryl methyl sites for hydroxylation is 1. The van der Waals surface area contributed by atoms with E-state index in [4.69, 9.17) is 4.74 Å². The lowest BCUT2D eigenvalue weighted by atomic mass is 9.76. The second kappa shape index (κ2) is 9.20. The van der Waals surface area contributed by atoms with Crippen LogP contribution in [-0.2, 0) is 14.3 Å². The topological polar surface area (TPSA) is 75.6 Å². The molecule has 5 nitrogen and oxygen atoms in total. The van der Waals surface area contributed by atoms with Crippen molar-refractivity contribution in [1.82, 2.24) is 0 Å². The SMILES string of the molecule is Cc1sc(-c2ccc(NC=O)cc2)c(C2=CCC(C)(C)CC2)c1C(OC(C)(C)C)C(=O)O. The second-order valence-corrected chi connectivity index (χ2v) is 11.4. The van der Waals surface area contributed by atoms with Gasteiger partial charge in [0.2, 0.25) is 6.41 Å². The molecule has 1 amide bonds. The largest absolute Gasteiger partial charge is 0.479 e. The fourth-order valence-corrected chi connectivity index (χ4v) is 5.29. The van der Waals surface area contributed by atoms with E-state index < -0.39 is 17.7 Å². The van der Waals surface area contributed by atoms with Crippen molar-refractivity contribution in [3.63, 3.8) is 0 Å². The molecule has 1 aromatic heterocycles. The summed E-state index contributed by atoms with van der Waals surface area (Å²) in [6, 6.07) is 7.66. The molecule has 1 aliphatic rings. The van der Waals surface area contributed by atoms with Crippen LogP contribution in [0.2, 0.25) is 0 Å². The molecule has 0 fully saturated rings. The molecule has 0 saturated carbocycles. The molecule has 0 aliphatic heterocycles. The lowest BCUT2D eigenvalue weighted by Crippen LogP contribution is -2.28. The minimum atomic E-state index is -1.04. The van der Waals surface area contributed by atoms with Gasteiger partial charge in [-0.1, -0.05) is 32.1 Å². The molecule has 1 aromatic carbocycles. The zero-order valence-corrected chi connectivity index (χ0v) is 20.6.